The standard InChI is InChI=1S/C20H23N3O5S3/c1-4-22-17-14(27-2)9-10-15(28-3)18(17)30-20(22)21-19(24)13-7-5-11-23(13)31(25,26)16-8-6-12-29-16/h6,8-10,12-13H,4-5,7,11H2,1-3H3. The third kappa shape index (κ3) is 3.79. The molecule has 0 bridgehead atoms. The summed E-state index contributed by atoms with van der Waals surface area (Å²) in [5.41, 5.74) is 0.801. The normalized spacial score (nSPS) is 18.0. The van der Waals surface area contributed by atoms with Crippen LogP contribution in [-0.4, -0.2) is 50.0 Å². The monoisotopic (exact) mass is 481 g/mol. The van der Waals surface area contributed by atoms with Crippen molar-refractivity contribution < 1.29 is 22.7 Å². The summed E-state index contributed by atoms with van der Waals surface area (Å²) in [6.07, 6.45) is 1.08. The number of ether oxygens (including phenoxy) is 2. The number of aryl methyl sites for hydroxylation is 1. The highest BCUT2D eigenvalue weighted by Gasteiger charge is 2.40. The smallest absolute Gasteiger partial charge is 0.266 e. The van der Waals surface area contributed by atoms with E-state index in [2.05, 4.69) is 4.99 Å². The Labute approximate surface area is 188 Å². The number of aromatic nitrogens is 1. The van der Waals surface area contributed by atoms with Crippen LogP contribution < -0.4 is 14.3 Å². The molecule has 1 amide bonds. The van der Waals surface area contributed by atoms with Crippen LogP contribution >= 0.6 is 22.7 Å². The lowest BCUT2D eigenvalue weighted by Crippen LogP contribution is -2.40. The molecule has 1 fully saturated rings. The van der Waals surface area contributed by atoms with E-state index >= 15 is 0 Å². The first kappa shape index (κ1) is 22.0. The number of sulfonamides is 1. The largest absolute Gasteiger partial charge is 0.495 e. The number of carbonyl (C=O) groups excluding carboxylic acids is 1. The molecule has 0 radical (unpaired) electrons. The number of thiophene rings is 1. The number of hydrogen-bond donors (Lipinski definition) is 0. The lowest BCUT2D eigenvalue weighted by atomic mass is 10.2. The number of hydrogen-bond acceptors (Lipinski definition) is 7. The van der Waals surface area contributed by atoms with Crippen molar-refractivity contribution in [2.45, 2.75) is 36.6 Å². The molecule has 8 nitrogen and oxygen atoms in total. The lowest BCUT2D eigenvalue weighted by molar-refractivity contribution is -0.121. The molecule has 31 heavy (non-hydrogen) atoms. The van der Waals surface area contributed by atoms with Gasteiger partial charge in [0.25, 0.3) is 15.9 Å². The maximum Gasteiger partial charge on any atom is 0.266 e. The van der Waals surface area contributed by atoms with Crippen LogP contribution in [0, 0.1) is 0 Å². The molecule has 0 spiro atoms. The van der Waals surface area contributed by atoms with E-state index in [0.717, 1.165) is 21.6 Å². The van der Waals surface area contributed by atoms with Crippen LogP contribution in [0.2, 0.25) is 0 Å². The summed E-state index contributed by atoms with van der Waals surface area (Å²) in [6, 6.07) is 6.09. The van der Waals surface area contributed by atoms with E-state index in [9.17, 15) is 13.2 Å². The topological polar surface area (TPSA) is 90.2 Å². The lowest BCUT2D eigenvalue weighted by Gasteiger charge is -2.20. The Bertz CT molecular complexity index is 1280. The minimum absolute atomic E-state index is 0.243. The summed E-state index contributed by atoms with van der Waals surface area (Å²) in [5.74, 6) is 0.870. The van der Waals surface area contributed by atoms with Gasteiger partial charge in [0.2, 0.25) is 0 Å². The van der Waals surface area contributed by atoms with E-state index in [4.69, 9.17) is 9.47 Å². The minimum atomic E-state index is -3.72. The van der Waals surface area contributed by atoms with Gasteiger partial charge in [0.05, 0.1) is 14.2 Å². The Balaban J connectivity index is 1.79. The number of carbonyl (C=O) groups is 1. The van der Waals surface area contributed by atoms with Gasteiger partial charge in [-0.1, -0.05) is 17.4 Å². The molecule has 0 aliphatic carbocycles. The Morgan fingerprint density at radius 1 is 1.23 bits per heavy atom. The van der Waals surface area contributed by atoms with Crippen molar-refractivity contribution in [2.24, 2.45) is 4.99 Å². The summed E-state index contributed by atoms with van der Waals surface area (Å²) in [4.78, 5) is 18.0. The van der Waals surface area contributed by atoms with Crippen molar-refractivity contribution in [3.63, 3.8) is 0 Å². The van der Waals surface area contributed by atoms with E-state index < -0.39 is 22.0 Å². The molecule has 0 saturated carbocycles. The van der Waals surface area contributed by atoms with Crippen LogP contribution in [0.4, 0.5) is 0 Å². The second kappa shape index (κ2) is 8.73. The second-order valence-corrected chi connectivity index (χ2v) is 11.0. The highest BCUT2D eigenvalue weighted by Crippen LogP contribution is 2.35. The summed E-state index contributed by atoms with van der Waals surface area (Å²) >= 11 is 2.48. The van der Waals surface area contributed by atoms with Gasteiger partial charge in [-0.2, -0.15) is 9.30 Å². The fourth-order valence-electron chi connectivity index (χ4n) is 3.80. The van der Waals surface area contributed by atoms with E-state index in [0.29, 0.717) is 42.2 Å². The maximum atomic E-state index is 13.2. The van der Waals surface area contributed by atoms with Crippen molar-refractivity contribution in [1.29, 1.82) is 0 Å². The summed E-state index contributed by atoms with van der Waals surface area (Å²) < 4.78 is 41.2. The van der Waals surface area contributed by atoms with Crippen molar-refractivity contribution in [1.82, 2.24) is 8.87 Å². The number of thiazole rings is 1. The van der Waals surface area contributed by atoms with Gasteiger partial charge in [-0.3, -0.25) is 4.79 Å². The average Bonchev–Trinajstić information content (AvgIpc) is 3.52. The second-order valence-electron chi connectivity index (χ2n) is 6.93. The van der Waals surface area contributed by atoms with E-state index in [1.807, 2.05) is 23.6 Å². The third-order valence-corrected chi connectivity index (χ3v) is 9.64. The van der Waals surface area contributed by atoms with Crippen molar-refractivity contribution >= 4 is 48.8 Å². The first-order chi connectivity index (χ1) is 14.9. The number of rotatable bonds is 6. The predicted molar refractivity (Wildman–Crippen MR) is 120 cm³/mol. The predicted octanol–water partition coefficient (Wildman–Crippen LogP) is 3.08. The highest BCUT2D eigenvalue weighted by molar-refractivity contribution is 7.91. The zero-order chi connectivity index (χ0) is 22.2. The number of fused-ring (bicyclic) bond motifs is 1. The molecule has 1 aromatic carbocycles. The number of methoxy groups -OCH3 is 2. The van der Waals surface area contributed by atoms with Crippen LogP contribution in [0.3, 0.4) is 0 Å². The highest BCUT2D eigenvalue weighted by atomic mass is 32.2. The Hall–Kier alpha value is -2.21. The van der Waals surface area contributed by atoms with Gasteiger partial charge >= 0.3 is 0 Å². The van der Waals surface area contributed by atoms with Crippen LogP contribution in [0.5, 0.6) is 11.5 Å². The molecule has 4 rings (SSSR count). The zero-order valence-electron chi connectivity index (χ0n) is 17.4. The first-order valence-electron chi connectivity index (χ1n) is 9.80. The molecule has 3 heterocycles. The van der Waals surface area contributed by atoms with Crippen molar-refractivity contribution in [3.05, 3.63) is 34.4 Å². The molecule has 2 aromatic heterocycles. The Morgan fingerprint density at radius 2 is 1.97 bits per heavy atom. The number of nitrogens with zero attached hydrogens (tertiary/aromatic N) is 3. The van der Waals surface area contributed by atoms with Crippen molar-refractivity contribution in [3.8, 4) is 11.5 Å². The van der Waals surface area contributed by atoms with Crippen LogP contribution in [0.15, 0.2) is 38.8 Å². The molecule has 1 aliphatic heterocycles. The molecule has 1 saturated heterocycles. The molecule has 0 N–H and O–H groups in total. The van der Waals surface area contributed by atoms with Crippen LogP contribution in [-0.2, 0) is 21.4 Å². The van der Waals surface area contributed by atoms with Gasteiger partial charge in [-0.05, 0) is 43.3 Å². The van der Waals surface area contributed by atoms with Gasteiger partial charge in [0, 0.05) is 13.1 Å². The van der Waals surface area contributed by atoms with Gasteiger partial charge in [0.15, 0.2) is 4.80 Å². The molecular weight excluding hydrogens is 458 g/mol. The van der Waals surface area contributed by atoms with Crippen LogP contribution in [0.25, 0.3) is 10.2 Å². The van der Waals surface area contributed by atoms with Crippen LogP contribution in [0.1, 0.15) is 19.8 Å². The average molecular weight is 482 g/mol. The number of benzene rings is 1. The molecule has 1 unspecified atom stereocenters. The third-order valence-electron chi connectivity index (χ3n) is 5.26. The van der Waals surface area contributed by atoms with E-state index in [1.54, 1.807) is 31.7 Å². The van der Waals surface area contributed by atoms with Gasteiger partial charge in [-0.15, -0.1) is 11.3 Å². The van der Waals surface area contributed by atoms with Gasteiger partial charge in [-0.25, -0.2) is 8.42 Å². The summed E-state index contributed by atoms with van der Waals surface area (Å²) in [6.45, 7) is 2.84. The van der Waals surface area contributed by atoms with Crippen molar-refractivity contribution in [2.75, 3.05) is 20.8 Å². The number of amides is 1. The first-order valence-corrected chi connectivity index (χ1v) is 12.9. The summed E-state index contributed by atoms with van der Waals surface area (Å²) in [7, 11) is -0.538. The fraction of sp³-hybridized carbons (Fsp3) is 0.400. The van der Waals surface area contributed by atoms with Gasteiger partial charge in [0.1, 0.15) is 32.0 Å². The maximum absolute atomic E-state index is 13.2. The molecule has 1 atom stereocenters. The Morgan fingerprint density at radius 3 is 2.61 bits per heavy atom. The van der Waals surface area contributed by atoms with E-state index in [-0.39, 0.29) is 4.21 Å². The summed E-state index contributed by atoms with van der Waals surface area (Å²) in [5, 5.41) is 1.71. The molecular formula is C20H23N3O5S3. The van der Waals surface area contributed by atoms with E-state index in [1.165, 1.54) is 15.6 Å². The molecule has 3 aromatic rings. The minimum Gasteiger partial charge on any atom is -0.495 e. The quantitative estimate of drug-likeness (QED) is 0.540. The molecule has 1 aliphatic rings. The Kier molecular flexibility index (Phi) is 6.20. The molecule has 11 heteroatoms. The molecule has 166 valence electrons. The fourth-order valence-corrected chi connectivity index (χ4v) is 7.78. The SMILES string of the molecule is CCn1c(=NC(=O)C2CCCN2S(=O)(=O)c2cccs2)sc2c(OC)ccc(OC)c21. The zero-order valence-corrected chi connectivity index (χ0v) is 19.8. The van der Waals surface area contributed by atoms with Gasteiger partial charge < -0.3 is 14.0 Å².